The lowest BCUT2D eigenvalue weighted by Crippen LogP contribution is -2.27. The highest BCUT2D eigenvalue weighted by Gasteiger charge is 2.26. The highest BCUT2D eigenvalue weighted by molar-refractivity contribution is 5.52. The van der Waals surface area contributed by atoms with E-state index in [9.17, 15) is 5.11 Å². The van der Waals surface area contributed by atoms with Crippen LogP contribution in [0.2, 0.25) is 0 Å². The molecule has 0 amide bonds. The van der Waals surface area contributed by atoms with Crippen LogP contribution < -0.4 is 16.8 Å². The fourth-order valence-electron chi connectivity index (χ4n) is 1.92. The van der Waals surface area contributed by atoms with Crippen molar-refractivity contribution in [3.05, 3.63) is 23.8 Å². The van der Waals surface area contributed by atoms with E-state index in [4.69, 9.17) is 11.5 Å². The Morgan fingerprint density at radius 3 is 2.79 bits per heavy atom. The molecule has 76 valence electrons. The summed E-state index contributed by atoms with van der Waals surface area (Å²) in [6.45, 7) is 1.63. The summed E-state index contributed by atoms with van der Waals surface area (Å²) in [5, 5.41) is 12.6. The molecule has 1 saturated heterocycles. The number of rotatable bonds is 1. The van der Waals surface area contributed by atoms with Crippen molar-refractivity contribution < 1.29 is 5.11 Å². The second-order valence-corrected chi connectivity index (χ2v) is 3.74. The van der Waals surface area contributed by atoms with Gasteiger partial charge in [-0.05, 0) is 23.8 Å². The summed E-state index contributed by atoms with van der Waals surface area (Å²) in [5.74, 6) is 0.454. The number of phenols is 1. The molecule has 1 aliphatic rings. The van der Waals surface area contributed by atoms with Crippen molar-refractivity contribution in [3.8, 4) is 5.75 Å². The SMILES string of the molecule is Nc1ccc(O)cc1C1CNCC1N. The van der Waals surface area contributed by atoms with Gasteiger partial charge >= 0.3 is 0 Å². The summed E-state index contributed by atoms with van der Waals surface area (Å²) >= 11 is 0. The average Bonchev–Trinajstić information content (AvgIpc) is 2.56. The molecule has 0 radical (unpaired) electrons. The summed E-state index contributed by atoms with van der Waals surface area (Å²) in [7, 11) is 0. The third-order valence-electron chi connectivity index (χ3n) is 2.73. The molecule has 2 atom stereocenters. The molecule has 1 fully saturated rings. The Morgan fingerprint density at radius 2 is 2.14 bits per heavy atom. The molecule has 4 nitrogen and oxygen atoms in total. The van der Waals surface area contributed by atoms with Gasteiger partial charge in [-0.15, -0.1) is 0 Å². The minimum Gasteiger partial charge on any atom is -0.508 e. The number of hydrogen-bond donors (Lipinski definition) is 4. The van der Waals surface area contributed by atoms with Gasteiger partial charge in [-0.25, -0.2) is 0 Å². The standard InChI is InChI=1S/C10H15N3O/c11-9-2-1-6(14)3-7(9)8-4-13-5-10(8)12/h1-3,8,10,13-14H,4-5,11-12H2. The molecule has 1 aromatic carbocycles. The number of anilines is 1. The van der Waals surface area contributed by atoms with Gasteiger partial charge in [0, 0.05) is 30.7 Å². The van der Waals surface area contributed by atoms with E-state index in [0.717, 1.165) is 18.7 Å². The van der Waals surface area contributed by atoms with Gasteiger partial charge in [-0.2, -0.15) is 0 Å². The quantitative estimate of drug-likeness (QED) is 0.373. The lowest BCUT2D eigenvalue weighted by molar-refractivity contribution is 0.473. The average molecular weight is 193 g/mol. The predicted octanol–water partition coefficient (Wildman–Crippen LogP) is -0.0115. The van der Waals surface area contributed by atoms with E-state index in [0.29, 0.717) is 5.69 Å². The van der Waals surface area contributed by atoms with Crippen LogP contribution in [0.4, 0.5) is 5.69 Å². The van der Waals surface area contributed by atoms with E-state index in [2.05, 4.69) is 5.32 Å². The first-order chi connectivity index (χ1) is 6.68. The molecule has 0 bridgehead atoms. The van der Waals surface area contributed by atoms with Crippen LogP contribution in [-0.4, -0.2) is 24.2 Å². The van der Waals surface area contributed by atoms with E-state index < -0.39 is 0 Å². The molecule has 0 aliphatic carbocycles. The van der Waals surface area contributed by atoms with Gasteiger partial charge in [-0.1, -0.05) is 0 Å². The lowest BCUT2D eigenvalue weighted by atomic mass is 9.93. The highest BCUT2D eigenvalue weighted by Crippen LogP contribution is 2.29. The van der Waals surface area contributed by atoms with E-state index in [-0.39, 0.29) is 17.7 Å². The second-order valence-electron chi connectivity index (χ2n) is 3.74. The summed E-state index contributed by atoms with van der Waals surface area (Å²) in [6.07, 6.45) is 0. The zero-order chi connectivity index (χ0) is 10.1. The van der Waals surface area contributed by atoms with Crippen LogP contribution in [0.15, 0.2) is 18.2 Å². The molecule has 0 saturated carbocycles. The minimum absolute atomic E-state index is 0.0825. The van der Waals surface area contributed by atoms with Gasteiger partial charge in [0.25, 0.3) is 0 Å². The van der Waals surface area contributed by atoms with Crippen molar-refractivity contribution in [1.82, 2.24) is 5.32 Å². The molecule has 0 aromatic heterocycles. The van der Waals surface area contributed by atoms with E-state index >= 15 is 0 Å². The van der Waals surface area contributed by atoms with Crippen LogP contribution in [0.25, 0.3) is 0 Å². The highest BCUT2D eigenvalue weighted by atomic mass is 16.3. The maximum absolute atomic E-state index is 9.37. The summed E-state index contributed by atoms with van der Waals surface area (Å²) in [4.78, 5) is 0. The molecule has 2 rings (SSSR count). The first-order valence-corrected chi connectivity index (χ1v) is 4.73. The zero-order valence-electron chi connectivity index (χ0n) is 7.90. The van der Waals surface area contributed by atoms with Crippen LogP contribution in [0.3, 0.4) is 0 Å². The van der Waals surface area contributed by atoms with Crippen LogP contribution in [0.1, 0.15) is 11.5 Å². The Labute approximate surface area is 82.9 Å². The summed E-state index contributed by atoms with van der Waals surface area (Å²) < 4.78 is 0. The van der Waals surface area contributed by atoms with Gasteiger partial charge in [0.2, 0.25) is 0 Å². The number of phenolic OH excluding ortho intramolecular Hbond substituents is 1. The van der Waals surface area contributed by atoms with Crippen molar-refractivity contribution in [2.24, 2.45) is 5.73 Å². The molecule has 2 unspecified atom stereocenters. The Balaban J connectivity index is 2.34. The van der Waals surface area contributed by atoms with Crippen molar-refractivity contribution in [3.63, 3.8) is 0 Å². The van der Waals surface area contributed by atoms with E-state index in [1.807, 2.05) is 0 Å². The summed E-state index contributed by atoms with van der Waals surface area (Å²) in [5.41, 5.74) is 13.4. The van der Waals surface area contributed by atoms with Gasteiger partial charge < -0.3 is 21.9 Å². The third kappa shape index (κ3) is 1.54. The zero-order valence-corrected chi connectivity index (χ0v) is 7.90. The largest absolute Gasteiger partial charge is 0.508 e. The third-order valence-corrected chi connectivity index (χ3v) is 2.73. The van der Waals surface area contributed by atoms with Gasteiger partial charge in [0.1, 0.15) is 5.75 Å². The number of nitrogens with one attached hydrogen (secondary N) is 1. The molecular formula is C10H15N3O. The maximum atomic E-state index is 9.37. The smallest absolute Gasteiger partial charge is 0.116 e. The molecule has 1 aliphatic heterocycles. The second kappa shape index (κ2) is 3.48. The fraction of sp³-hybridized carbons (Fsp3) is 0.400. The molecule has 0 spiro atoms. The first kappa shape index (κ1) is 9.30. The van der Waals surface area contributed by atoms with Crippen LogP contribution >= 0.6 is 0 Å². The predicted molar refractivity (Wildman–Crippen MR) is 56.1 cm³/mol. The Bertz CT molecular complexity index is 340. The number of benzene rings is 1. The Kier molecular flexibility index (Phi) is 2.31. The molecule has 4 heteroatoms. The van der Waals surface area contributed by atoms with Gasteiger partial charge in [0.05, 0.1) is 0 Å². The number of nitrogen functional groups attached to an aromatic ring is 1. The molecule has 6 N–H and O–H groups in total. The monoisotopic (exact) mass is 193 g/mol. The van der Waals surface area contributed by atoms with Crippen molar-refractivity contribution in [2.45, 2.75) is 12.0 Å². The minimum atomic E-state index is 0.0825. The fourth-order valence-corrected chi connectivity index (χ4v) is 1.92. The van der Waals surface area contributed by atoms with E-state index in [1.54, 1.807) is 18.2 Å². The van der Waals surface area contributed by atoms with Gasteiger partial charge in [-0.3, -0.25) is 0 Å². The Morgan fingerprint density at radius 1 is 1.36 bits per heavy atom. The van der Waals surface area contributed by atoms with E-state index in [1.165, 1.54) is 0 Å². The van der Waals surface area contributed by atoms with Gasteiger partial charge in [0.15, 0.2) is 0 Å². The molecular weight excluding hydrogens is 178 g/mol. The van der Waals surface area contributed by atoms with Crippen LogP contribution in [0, 0.1) is 0 Å². The van der Waals surface area contributed by atoms with Crippen molar-refractivity contribution in [1.29, 1.82) is 0 Å². The first-order valence-electron chi connectivity index (χ1n) is 4.73. The molecule has 1 heterocycles. The molecule has 1 aromatic rings. The molecule has 14 heavy (non-hydrogen) atoms. The topological polar surface area (TPSA) is 84.3 Å². The maximum Gasteiger partial charge on any atom is 0.116 e. The summed E-state index contributed by atoms with van der Waals surface area (Å²) in [6, 6.07) is 5.09. The number of aromatic hydroxyl groups is 1. The van der Waals surface area contributed by atoms with Crippen molar-refractivity contribution >= 4 is 5.69 Å². The number of hydrogen-bond acceptors (Lipinski definition) is 4. The number of nitrogens with two attached hydrogens (primary N) is 2. The van der Waals surface area contributed by atoms with Crippen molar-refractivity contribution in [2.75, 3.05) is 18.8 Å². The lowest BCUT2D eigenvalue weighted by Gasteiger charge is -2.16. The normalized spacial score (nSPS) is 26.6. The Hall–Kier alpha value is -1.26. The van der Waals surface area contributed by atoms with Crippen LogP contribution in [0.5, 0.6) is 5.75 Å². The van der Waals surface area contributed by atoms with Crippen LogP contribution in [-0.2, 0) is 0 Å².